The molecule has 3 aromatic rings. The van der Waals surface area contributed by atoms with Crippen LogP contribution >= 0.6 is 11.6 Å². The molecule has 2 aromatic carbocycles. The lowest BCUT2D eigenvalue weighted by molar-refractivity contribution is 0.110. The quantitative estimate of drug-likeness (QED) is 0.714. The summed E-state index contributed by atoms with van der Waals surface area (Å²) in [6, 6.07) is 14.0. The van der Waals surface area contributed by atoms with Crippen molar-refractivity contribution in [3.63, 3.8) is 0 Å². The van der Waals surface area contributed by atoms with Crippen LogP contribution in [-0.2, 0) is 11.3 Å². The van der Waals surface area contributed by atoms with Gasteiger partial charge in [0.15, 0.2) is 6.23 Å². The van der Waals surface area contributed by atoms with Gasteiger partial charge in [-0.15, -0.1) is 5.10 Å². The first-order chi connectivity index (χ1) is 12.2. The maximum absolute atomic E-state index is 13.1. The molecule has 2 heterocycles. The monoisotopic (exact) mass is 358 g/mol. The Morgan fingerprint density at radius 3 is 2.84 bits per heavy atom. The van der Waals surface area contributed by atoms with Crippen LogP contribution in [0.15, 0.2) is 54.7 Å². The zero-order valence-electron chi connectivity index (χ0n) is 13.3. The number of anilines is 1. The minimum Gasteiger partial charge on any atom is -0.350 e. The van der Waals surface area contributed by atoms with Gasteiger partial charge in [-0.05, 0) is 42.0 Å². The highest BCUT2D eigenvalue weighted by atomic mass is 35.5. The van der Waals surface area contributed by atoms with E-state index < -0.39 is 0 Å². The smallest absolute Gasteiger partial charge is 0.177 e. The molecule has 0 radical (unpaired) electrons. The lowest BCUT2D eigenvalue weighted by atomic mass is 10.2. The van der Waals surface area contributed by atoms with Crippen LogP contribution in [0.1, 0.15) is 17.5 Å². The van der Waals surface area contributed by atoms with Crippen LogP contribution in [0.3, 0.4) is 0 Å². The molecule has 7 heteroatoms. The molecule has 0 N–H and O–H groups in total. The van der Waals surface area contributed by atoms with Crippen LogP contribution in [0.4, 0.5) is 10.1 Å². The summed E-state index contributed by atoms with van der Waals surface area (Å²) in [5.74, 6) is -0.257. The van der Waals surface area contributed by atoms with Gasteiger partial charge in [-0.3, -0.25) is 0 Å². The highest BCUT2D eigenvalue weighted by Gasteiger charge is 2.29. The fraction of sp³-hybridized carbons (Fsp3) is 0.222. The van der Waals surface area contributed by atoms with Gasteiger partial charge >= 0.3 is 0 Å². The molecule has 1 unspecified atom stereocenters. The highest BCUT2D eigenvalue weighted by molar-refractivity contribution is 6.30. The molecule has 1 aromatic heterocycles. The Labute approximate surface area is 149 Å². The van der Waals surface area contributed by atoms with E-state index >= 15 is 0 Å². The van der Waals surface area contributed by atoms with E-state index in [0.717, 1.165) is 23.5 Å². The molecule has 5 nitrogen and oxygen atoms in total. The topological polar surface area (TPSA) is 43.2 Å². The minimum absolute atomic E-state index is 0.257. The van der Waals surface area contributed by atoms with Crippen LogP contribution in [0.5, 0.6) is 0 Å². The van der Waals surface area contributed by atoms with Gasteiger partial charge in [0.2, 0.25) is 0 Å². The molecule has 0 saturated carbocycles. The van der Waals surface area contributed by atoms with Crippen molar-refractivity contribution in [1.82, 2.24) is 15.0 Å². The number of hydrogen-bond acceptors (Lipinski definition) is 4. The largest absolute Gasteiger partial charge is 0.350 e. The molecule has 1 aliphatic rings. The summed E-state index contributed by atoms with van der Waals surface area (Å²) in [4.78, 5) is 2.05. The van der Waals surface area contributed by atoms with Crippen molar-refractivity contribution in [2.75, 3.05) is 18.1 Å². The zero-order valence-corrected chi connectivity index (χ0v) is 14.1. The summed E-state index contributed by atoms with van der Waals surface area (Å²) >= 11 is 6.02. The van der Waals surface area contributed by atoms with Gasteiger partial charge in [-0.1, -0.05) is 28.9 Å². The van der Waals surface area contributed by atoms with Crippen molar-refractivity contribution in [3.8, 4) is 0 Å². The van der Waals surface area contributed by atoms with Crippen LogP contribution < -0.4 is 4.90 Å². The first-order valence-corrected chi connectivity index (χ1v) is 8.35. The van der Waals surface area contributed by atoms with Crippen LogP contribution in [0.2, 0.25) is 5.02 Å². The standard InChI is InChI=1S/C18H16ClFN4O/c19-14-3-1-2-13(10-14)11-23-12-17(21-22-23)18-24(8-9-25-18)16-6-4-15(20)5-7-16/h1-7,10,12,18H,8-9,11H2. The van der Waals surface area contributed by atoms with Crippen molar-refractivity contribution >= 4 is 17.3 Å². The van der Waals surface area contributed by atoms with E-state index in [0.29, 0.717) is 18.2 Å². The Hall–Kier alpha value is -2.44. The maximum Gasteiger partial charge on any atom is 0.177 e. The third kappa shape index (κ3) is 3.50. The van der Waals surface area contributed by atoms with E-state index in [1.807, 2.05) is 35.4 Å². The summed E-state index contributed by atoms with van der Waals surface area (Å²) in [6.45, 7) is 1.89. The highest BCUT2D eigenvalue weighted by Crippen LogP contribution is 2.31. The third-order valence-electron chi connectivity index (χ3n) is 4.09. The summed E-state index contributed by atoms with van der Waals surface area (Å²) in [7, 11) is 0. The molecule has 0 spiro atoms. The average molecular weight is 359 g/mol. The van der Waals surface area contributed by atoms with Crippen molar-refractivity contribution < 1.29 is 9.13 Å². The van der Waals surface area contributed by atoms with Crippen LogP contribution in [0, 0.1) is 5.82 Å². The number of aromatic nitrogens is 3. The molecule has 1 atom stereocenters. The van der Waals surface area contributed by atoms with Crippen molar-refractivity contribution in [2.45, 2.75) is 12.8 Å². The van der Waals surface area contributed by atoms with Crippen LogP contribution in [0.25, 0.3) is 0 Å². The number of halogens is 2. The summed E-state index contributed by atoms with van der Waals surface area (Å²) < 4.78 is 20.7. The Morgan fingerprint density at radius 1 is 1.20 bits per heavy atom. The molecule has 25 heavy (non-hydrogen) atoms. The molecule has 4 rings (SSSR count). The van der Waals surface area contributed by atoms with Gasteiger partial charge in [-0.25, -0.2) is 9.07 Å². The Kier molecular flexibility index (Phi) is 4.38. The van der Waals surface area contributed by atoms with E-state index in [9.17, 15) is 4.39 Å². The predicted octanol–water partition coefficient (Wildman–Crippen LogP) is 3.65. The van der Waals surface area contributed by atoms with Crippen molar-refractivity contribution in [1.29, 1.82) is 0 Å². The number of nitrogens with zero attached hydrogens (tertiary/aromatic N) is 4. The fourth-order valence-electron chi connectivity index (χ4n) is 2.94. The van der Waals surface area contributed by atoms with E-state index in [-0.39, 0.29) is 12.0 Å². The van der Waals surface area contributed by atoms with E-state index in [1.54, 1.807) is 16.8 Å². The molecule has 1 aliphatic heterocycles. The van der Waals surface area contributed by atoms with Gasteiger partial charge in [-0.2, -0.15) is 0 Å². The Bertz CT molecular complexity index is 868. The van der Waals surface area contributed by atoms with Gasteiger partial charge < -0.3 is 9.64 Å². The lowest BCUT2D eigenvalue weighted by Crippen LogP contribution is -2.23. The Balaban J connectivity index is 1.53. The molecular weight excluding hydrogens is 343 g/mol. The first-order valence-electron chi connectivity index (χ1n) is 7.97. The van der Waals surface area contributed by atoms with Crippen LogP contribution in [-0.4, -0.2) is 28.1 Å². The summed E-state index contributed by atoms with van der Waals surface area (Å²) in [5, 5.41) is 9.13. The summed E-state index contributed by atoms with van der Waals surface area (Å²) in [5.41, 5.74) is 2.67. The lowest BCUT2D eigenvalue weighted by Gasteiger charge is -2.23. The second-order valence-electron chi connectivity index (χ2n) is 5.86. The molecule has 1 saturated heterocycles. The number of ether oxygens (including phenoxy) is 1. The van der Waals surface area contributed by atoms with Gasteiger partial charge in [0.25, 0.3) is 0 Å². The zero-order chi connectivity index (χ0) is 17.2. The molecule has 0 aliphatic carbocycles. The average Bonchev–Trinajstić information content (AvgIpc) is 3.24. The second kappa shape index (κ2) is 6.82. The maximum atomic E-state index is 13.1. The SMILES string of the molecule is Fc1ccc(N2CCOC2c2cn(Cc3cccc(Cl)c3)nn2)cc1. The predicted molar refractivity (Wildman–Crippen MR) is 93.0 cm³/mol. The van der Waals surface area contributed by atoms with Crippen molar-refractivity contribution in [3.05, 3.63) is 76.8 Å². The number of hydrogen-bond donors (Lipinski definition) is 0. The minimum atomic E-state index is -0.321. The molecule has 0 bridgehead atoms. The summed E-state index contributed by atoms with van der Waals surface area (Å²) in [6.07, 6.45) is 1.55. The van der Waals surface area contributed by atoms with E-state index in [1.165, 1.54) is 12.1 Å². The number of rotatable bonds is 4. The first kappa shape index (κ1) is 16.1. The molecule has 128 valence electrons. The molecule has 1 fully saturated rings. The Morgan fingerprint density at radius 2 is 2.04 bits per heavy atom. The normalized spacial score (nSPS) is 17.2. The van der Waals surface area contributed by atoms with Gasteiger partial charge in [0, 0.05) is 17.3 Å². The van der Waals surface area contributed by atoms with E-state index in [4.69, 9.17) is 16.3 Å². The second-order valence-corrected chi connectivity index (χ2v) is 6.30. The molecule has 0 amide bonds. The third-order valence-corrected chi connectivity index (χ3v) is 4.33. The van der Waals surface area contributed by atoms with Crippen molar-refractivity contribution in [2.24, 2.45) is 0 Å². The van der Waals surface area contributed by atoms with Gasteiger partial charge in [0.1, 0.15) is 11.5 Å². The van der Waals surface area contributed by atoms with E-state index in [2.05, 4.69) is 10.3 Å². The number of benzene rings is 2. The van der Waals surface area contributed by atoms with Gasteiger partial charge in [0.05, 0.1) is 19.3 Å². The fourth-order valence-corrected chi connectivity index (χ4v) is 3.15. The molecular formula is C18H16ClFN4O.